The van der Waals surface area contributed by atoms with Crippen LogP contribution in [-0.4, -0.2) is 102 Å². The van der Waals surface area contributed by atoms with Gasteiger partial charge in [0.2, 0.25) is 28.7 Å². The molecule has 7 aromatic carbocycles. The molecular formula is C51H34N2O22. The molecule has 0 aliphatic carbocycles. The summed E-state index contributed by atoms with van der Waals surface area (Å²) < 4.78 is 25.5. The van der Waals surface area contributed by atoms with E-state index in [1.807, 2.05) is 42.5 Å². The number of nitrogens with one attached hydrogen (secondary N) is 1. The lowest BCUT2D eigenvalue weighted by atomic mass is 10.0. The van der Waals surface area contributed by atoms with Crippen LogP contribution in [0.3, 0.4) is 0 Å². The molecule has 8 rings (SSSR count). The number of ether oxygens (including phenoxy) is 5. The van der Waals surface area contributed by atoms with Crippen molar-refractivity contribution in [3.05, 3.63) is 154 Å². The van der Waals surface area contributed by atoms with Crippen molar-refractivity contribution in [2.24, 2.45) is 0 Å². The van der Waals surface area contributed by atoms with Crippen LogP contribution in [0.1, 0.15) is 73.5 Å². The molecule has 1 aromatic heterocycles. The van der Waals surface area contributed by atoms with E-state index < -0.39 is 150 Å². The third-order valence-corrected chi connectivity index (χ3v) is 10.9. The van der Waals surface area contributed by atoms with Gasteiger partial charge in [-0.1, -0.05) is 42.5 Å². The van der Waals surface area contributed by atoms with E-state index in [0.717, 1.165) is 22.4 Å². The molecule has 0 saturated carbocycles. The van der Waals surface area contributed by atoms with Crippen molar-refractivity contribution in [1.82, 2.24) is 10.2 Å². The number of phenols is 10. The van der Waals surface area contributed by atoms with Crippen molar-refractivity contribution < 1.29 is 109 Å². The number of carbonyl (C=O) groups is 6. The lowest BCUT2D eigenvalue weighted by Crippen LogP contribution is -2.14. The van der Waals surface area contributed by atoms with Crippen LogP contribution in [0.5, 0.6) is 86.2 Å². The second kappa shape index (κ2) is 20.3. The predicted octanol–water partition coefficient (Wildman–Crippen LogP) is 6.20. The molecule has 0 radical (unpaired) electrons. The average Bonchev–Trinajstić information content (AvgIpc) is 3.86. The maximum Gasteiger partial charge on any atom is 0.361 e. The zero-order valence-electron chi connectivity index (χ0n) is 37.7. The number of aryl methyl sites for hydroxylation is 2. The molecular weight excluding hydrogens is 993 g/mol. The molecule has 24 heteroatoms. The van der Waals surface area contributed by atoms with Gasteiger partial charge in [-0.25, -0.2) is 28.8 Å². The second-order valence-electron chi connectivity index (χ2n) is 15.9. The van der Waals surface area contributed by atoms with Crippen LogP contribution in [0, 0.1) is 0 Å². The predicted molar refractivity (Wildman–Crippen MR) is 251 cm³/mol. The molecule has 1 heterocycles. The summed E-state index contributed by atoms with van der Waals surface area (Å²) in [6.07, 6.45) is 0.995. The fourth-order valence-electron chi connectivity index (χ4n) is 7.11. The number of phenolic OH excluding ortho intramolecular Hbond substituents is 10. The minimum absolute atomic E-state index is 0.156. The van der Waals surface area contributed by atoms with Crippen LogP contribution in [-0.2, 0) is 12.8 Å². The Morgan fingerprint density at radius 1 is 0.400 bits per heavy atom. The van der Waals surface area contributed by atoms with Crippen LogP contribution >= 0.6 is 0 Å². The maximum atomic E-state index is 13.4. The Balaban J connectivity index is 0.947. The zero-order chi connectivity index (χ0) is 54.0. The van der Waals surface area contributed by atoms with Crippen LogP contribution < -0.4 is 23.7 Å². The molecule has 75 heavy (non-hydrogen) atoms. The summed E-state index contributed by atoms with van der Waals surface area (Å²) in [6, 6.07) is 21.7. The molecule has 0 bridgehead atoms. The Labute approximate surface area is 417 Å². The summed E-state index contributed by atoms with van der Waals surface area (Å²) in [5.41, 5.74) is -1.98. The van der Waals surface area contributed by atoms with E-state index in [4.69, 9.17) is 23.7 Å². The van der Waals surface area contributed by atoms with Crippen molar-refractivity contribution in [3.63, 3.8) is 0 Å². The van der Waals surface area contributed by atoms with Crippen LogP contribution in [0.4, 0.5) is 0 Å². The second-order valence-corrected chi connectivity index (χ2v) is 15.9. The molecule has 380 valence electrons. The van der Waals surface area contributed by atoms with Crippen LogP contribution in [0.25, 0.3) is 10.8 Å². The molecule has 0 unspecified atom stereocenters. The van der Waals surface area contributed by atoms with Gasteiger partial charge in [0.05, 0.1) is 33.5 Å². The molecule has 12 N–H and O–H groups in total. The Hall–Kier alpha value is -11.2. The first kappa shape index (κ1) is 50.2. The number of hydrogen-bond donors (Lipinski definition) is 12. The third-order valence-electron chi connectivity index (χ3n) is 10.9. The third kappa shape index (κ3) is 10.6. The summed E-state index contributed by atoms with van der Waals surface area (Å²) in [5, 5.41) is 122. The van der Waals surface area contributed by atoms with Crippen molar-refractivity contribution in [1.29, 1.82) is 0 Å². The number of aromatic nitrogens is 2. The number of hydrogen-bond acceptors (Lipinski definition) is 22. The number of carbonyl (C=O) groups excluding carboxylic acids is 5. The van der Waals surface area contributed by atoms with Gasteiger partial charge in [-0.15, -0.1) is 0 Å². The highest BCUT2D eigenvalue weighted by Gasteiger charge is 2.27. The van der Waals surface area contributed by atoms with E-state index >= 15 is 0 Å². The van der Waals surface area contributed by atoms with Crippen LogP contribution in [0.2, 0.25) is 0 Å². The summed E-state index contributed by atoms with van der Waals surface area (Å²) in [4.78, 5) is 77.4. The Morgan fingerprint density at radius 2 is 0.747 bits per heavy atom. The quantitative estimate of drug-likeness (QED) is 0.0328. The monoisotopic (exact) mass is 1030 g/mol. The van der Waals surface area contributed by atoms with Crippen LogP contribution in [0.15, 0.2) is 109 Å². The number of aromatic hydroxyl groups is 10. The van der Waals surface area contributed by atoms with Gasteiger partial charge in [-0.2, -0.15) is 5.10 Å². The first-order valence-electron chi connectivity index (χ1n) is 21.3. The number of H-pyrrole nitrogens is 1. The first-order valence-corrected chi connectivity index (χ1v) is 21.3. The number of nitrogens with zero attached hydrogens (tertiary/aromatic N) is 1. The maximum absolute atomic E-state index is 13.4. The van der Waals surface area contributed by atoms with Gasteiger partial charge in [-0.3, -0.25) is 5.10 Å². The van der Waals surface area contributed by atoms with E-state index in [0.29, 0.717) is 73.1 Å². The first-order chi connectivity index (χ1) is 35.6. The van der Waals surface area contributed by atoms with Gasteiger partial charge in [0.15, 0.2) is 57.5 Å². The number of benzene rings is 7. The Kier molecular flexibility index (Phi) is 13.6. The molecule has 0 amide bonds. The lowest BCUT2D eigenvalue weighted by Gasteiger charge is -2.13. The Morgan fingerprint density at radius 3 is 1.15 bits per heavy atom. The smallest absolute Gasteiger partial charge is 0.361 e. The minimum Gasteiger partial charge on any atom is -0.504 e. The topological polar surface area (TPSA) is 400 Å². The van der Waals surface area contributed by atoms with Gasteiger partial charge in [-0.05, 0) is 95.9 Å². The largest absolute Gasteiger partial charge is 0.504 e. The molecule has 8 aromatic rings. The number of fused-ring (bicyclic) bond motifs is 1. The number of carboxylic acids is 1. The average molecular weight is 1030 g/mol. The number of rotatable bonds is 14. The number of esters is 5. The normalized spacial score (nSPS) is 10.9. The molecule has 0 aliphatic heterocycles. The summed E-state index contributed by atoms with van der Waals surface area (Å²) in [6.45, 7) is 0. The van der Waals surface area contributed by atoms with Gasteiger partial charge >= 0.3 is 35.8 Å². The van der Waals surface area contributed by atoms with E-state index in [1.54, 1.807) is 0 Å². The summed E-state index contributed by atoms with van der Waals surface area (Å²) in [7, 11) is 0. The fraction of sp³-hybridized carbons (Fsp3) is 0.0392. The van der Waals surface area contributed by atoms with E-state index in [2.05, 4.69) is 10.2 Å². The number of aromatic amines is 1. The number of aromatic carboxylic acids is 1. The van der Waals surface area contributed by atoms with Crippen molar-refractivity contribution in [3.8, 4) is 86.2 Å². The lowest BCUT2D eigenvalue weighted by molar-refractivity contribution is 0.0684. The molecule has 24 nitrogen and oxygen atoms in total. The molecule has 0 fully saturated rings. The van der Waals surface area contributed by atoms with Gasteiger partial charge < -0.3 is 79.9 Å². The van der Waals surface area contributed by atoms with E-state index in [9.17, 15) is 84.9 Å². The van der Waals surface area contributed by atoms with Gasteiger partial charge in [0.25, 0.3) is 0 Å². The standard InChI is InChI=1S/C51H34N2O22/c54-31-10-23(46(64)65)15-36(41(31)59)71-47(66)24-11-32(55)42(60)37(16-24)72-48(67)25-12-33(56)43(61)38(17-25)73-49(68)26-13-34(57)44(62)39(18-26)74-50(69)27-14-35(58)45(63)40(19-27)75-51(70)30-20-28(52-53-30)9-8-22-6-3-5-21-4-1-2-7-29(21)22/h1-7,10-20,54-63H,8-9H2,(H,52,53)(H,64,65). The molecule has 0 spiro atoms. The zero-order valence-corrected chi connectivity index (χ0v) is 37.7. The summed E-state index contributed by atoms with van der Waals surface area (Å²) >= 11 is 0. The summed E-state index contributed by atoms with van der Waals surface area (Å²) in [5.74, 6) is -23.7. The number of carboxylic acid groups (broad SMARTS) is 1. The van der Waals surface area contributed by atoms with Gasteiger partial charge in [0.1, 0.15) is 5.69 Å². The van der Waals surface area contributed by atoms with Crippen molar-refractivity contribution in [2.75, 3.05) is 0 Å². The van der Waals surface area contributed by atoms with Gasteiger partial charge in [0, 0.05) is 0 Å². The highest BCUT2D eigenvalue weighted by molar-refractivity contribution is 5.99. The highest BCUT2D eigenvalue weighted by atomic mass is 16.6. The molecule has 0 aliphatic rings. The highest BCUT2D eigenvalue weighted by Crippen LogP contribution is 2.43. The van der Waals surface area contributed by atoms with E-state index in [1.165, 1.54) is 6.07 Å². The van der Waals surface area contributed by atoms with Crippen molar-refractivity contribution >= 4 is 46.6 Å². The van der Waals surface area contributed by atoms with E-state index in [-0.39, 0.29) is 5.69 Å². The minimum atomic E-state index is -1.58. The van der Waals surface area contributed by atoms with Crippen molar-refractivity contribution in [2.45, 2.75) is 12.8 Å². The SMILES string of the molecule is O=C(O)c1cc(O)c(O)c(OC(=O)c2cc(O)c(O)c(OC(=O)c3cc(O)c(O)c(OC(=O)c4cc(O)c(O)c(OC(=O)c5cc(O)c(O)c(OC(=O)c6cc(CCc7cccc8ccccc78)n[nH]6)c5)c4)c3)c2)c1. The molecule has 0 saturated heterocycles. The Bertz CT molecular complexity index is 3690. The molecule has 0 atom stereocenters. The fourth-order valence-corrected chi connectivity index (χ4v) is 7.11.